The number of ether oxygens (including phenoxy) is 1. The fourth-order valence-corrected chi connectivity index (χ4v) is 4.52. The molecular weight excluding hydrogens is 484 g/mol. The lowest BCUT2D eigenvalue weighted by atomic mass is 9.91. The van der Waals surface area contributed by atoms with E-state index in [1.54, 1.807) is 0 Å². The van der Waals surface area contributed by atoms with Gasteiger partial charge in [0.05, 0.1) is 13.2 Å². The lowest BCUT2D eigenvalue weighted by Crippen LogP contribution is -2.43. The van der Waals surface area contributed by atoms with Crippen LogP contribution in [0.15, 0.2) is 60.7 Å². The van der Waals surface area contributed by atoms with Gasteiger partial charge in [-0.1, -0.05) is 123 Å². The van der Waals surface area contributed by atoms with E-state index in [9.17, 15) is 9.59 Å². The van der Waals surface area contributed by atoms with Crippen molar-refractivity contribution in [2.45, 2.75) is 88.2 Å². The Hall–Kier alpha value is -2.66. The maximum Gasteiger partial charge on any atom is 0.225 e. The summed E-state index contributed by atoms with van der Waals surface area (Å²) in [5, 5.41) is 0. The van der Waals surface area contributed by atoms with Crippen molar-refractivity contribution >= 4 is 11.8 Å². The summed E-state index contributed by atoms with van der Waals surface area (Å²) in [7, 11) is 0. The molecule has 0 N–H and O–H groups in total. The summed E-state index contributed by atoms with van der Waals surface area (Å²) in [6.07, 6.45) is 1.39. The molecule has 2 amide bonds. The van der Waals surface area contributed by atoms with Crippen LogP contribution in [0.25, 0.3) is 0 Å². The number of hydrogen-bond acceptors (Lipinski definition) is 3. The van der Waals surface area contributed by atoms with Crippen molar-refractivity contribution in [2.75, 3.05) is 26.3 Å². The average molecular weight is 539 g/mol. The fourth-order valence-electron chi connectivity index (χ4n) is 4.52. The molecule has 218 valence electrons. The van der Waals surface area contributed by atoms with Gasteiger partial charge in [-0.25, -0.2) is 0 Å². The third-order valence-electron chi connectivity index (χ3n) is 6.28. The van der Waals surface area contributed by atoms with Crippen LogP contribution in [0.3, 0.4) is 0 Å². The lowest BCUT2D eigenvalue weighted by Gasteiger charge is -2.36. The number of benzene rings is 2. The molecule has 0 bridgehead atoms. The van der Waals surface area contributed by atoms with Gasteiger partial charge in [0, 0.05) is 49.3 Å². The Bertz CT molecular complexity index is 955. The summed E-state index contributed by atoms with van der Waals surface area (Å²) in [6, 6.07) is 20.3. The fraction of sp³-hybridized carbons (Fsp3) is 0.588. The van der Waals surface area contributed by atoms with Gasteiger partial charge < -0.3 is 14.5 Å². The van der Waals surface area contributed by atoms with Crippen molar-refractivity contribution < 1.29 is 14.3 Å². The zero-order valence-electron chi connectivity index (χ0n) is 26.1. The molecule has 0 aliphatic carbocycles. The minimum Gasteiger partial charge on any atom is -0.380 e. The number of hydrogen-bond donors (Lipinski definition) is 0. The number of nitrogens with zero attached hydrogens (tertiary/aromatic N) is 2. The average Bonchev–Trinajstić information content (AvgIpc) is 2.89. The van der Waals surface area contributed by atoms with Gasteiger partial charge in [-0.05, 0) is 17.5 Å². The topological polar surface area (TPSA) is 49.9 Å². The summed E-state index contributed by atoms with van der Waals surface area (Å²) < 4.78 is 6.27. The van der Waals surface area contributed by atoms with Crippen LogP contribution in [0.1, 0.15) is 86.3 Å². The molecule has 0 radical (unpaired) electrons. The quantitative estimate of drug-likeness (QED) is 0.235. The highest BCUT2D eigenvalue weighted by Gasteiger charge is 2.29. The second-order valence-corrected chi connectivity index (χ2v) is 12.1. The third kappa shape index (κ3) is 13.3. The summed E-state index contributed by atoms with van der Waals surface area (Å²) in [5.41, 5.74) is 1.85. The smallest absolute Gasteiger partial charge is 0.225 e. The molecule has 39 heavy (non-hydrogen) atoms. The van der Waals surface area contributed by atoms with Gasteiger partial charge >= 0.3 is 0 Å². The van der Waals surface area contributed by atoms with Crippen LogP contribution in [-0.2, 0) is 27.4 Å². The molecule has 0 aromatic heterocycles. The SMILES string of the molecule is CC.CCCC(=O)N(Cc1ccccc1)CC(C)(C)COCC(C)(C)CN(Cc1ccccc1)C(=O)C(C)C. The molecular formula is C34H54N2O3. The van der Waals surface area contributed by atoms with E-state index in [0.29, 0.717) is 45.8 Å². The Morgan fingerprint density at radius 1 is 0.744 bits per heavy atom. The van der Waals surface area contributed by atoms with Gasteiger partial charge in [0.1, 0.15) is 0 Å². The van der Waals surface area contributed by atoms with Gasteiger partial charge in [-0.3, -0.25) is 9.59 Å². The van der Waals surface area contributed by atoms with E-state index < -0.39 is 0 Å². The molecule has 0 fully saturated rings. The zero-order valence-corrected chi connectivity index (χ0v) is 26.1. The predicted molar refractivity (Wildman–Crippen MR) is 163 cm³/mol. The summed E-state index contributed by atoms with van der Waals surface area (Å²) in [4.78, 5) is 29.8. The molecule has 0 spiro atoms. The van der Waals surface area contributed by atoms with Crippen LogP contribution in [0.4, 0.5) is 0 Å². The highest BCUT2D eigenvalue weighted by atomic mass is 16.5. The minimum absolute atomic E-state index is 0.0596. The van der Waals surface area contributed by atoms with Crippen molar-refractivity contribution in [3.05, 3.63) is 71.8 Å². The first-order valence-corrected chi connectivity index (χ1v) is 14.6. The molecule has 0 saturated carbocycles. The summed E-state index contributed by atoms with van der Waals surface area (Å²) >= 11 is 0. The van der Waals surface area contributed by atoms with E-state index in [1.807, 2.05) is 80.8 Å². The molecule has 0 aliphatic rings. The van der Waals surface area contributed by atoms with Crippen LogP contribution >= 0.6 is 0 Å². The Morgan fingerprint density at radius 3 is 1.56 bits per heavy atom. The van der Waals surface area contributed by atoms with Crippen molar-refractivity contribution in [2.24, 2.45) is 16.7 Å². The Kier molecular flexibility index (Phi) is 15.1. The van der Waals surface area contributed by atoms with Gasteiger partial charge in [0.25, 0.3) is 0 Å². The van der Waals surface area contributed by atoms with Crippen LogP contribution < -0.4 is 0 Å². The molecule has 5 nitrogen and oxygen atoms in total. The van der Waals surface area contributed by atoms with Crippen molar-refractivity contribution in [1.82, 2.24) is 9.80 Å². The standard InChI is InChI=1S/C32H48N2O3.C2H6/c1-8-15-29(35)33(20-27-16-11-9-12-17-27)22-31(4,5)24-37-25-32(6,7)23-34(30(36)26(2)3)21-28-18-13-10-14-19-28;1-2/h9-14,16-19,26H,8,15,20-25H2,1-7H3;1-2H3. The highest BCUT2D eigenvalue weighted by molar-refractivity contribution is 5.78. The van der Waals surface area contributed by atoms with Gasteiger partial charge in [-0.15, -0.1) is 0 Å². The molecule has 0 saturated heterocycles. The number of rotatable bonds is 15. The molecule has 2 rings (SSSR count). The number of carbonyl (C=O) groups is 2. The Labute approximate surface area is 238 Å². The third-order valence-corrected chi connectivity index (χ3v) is 6.28. The Morgan fingerprint density at radius 2 is 1.15 bits per heavy atom. The second kappa shape index (κ2) is 17.1. The monoisotopic (exact) mass is 538 g/mol. The van der Waals surface area contributed by atoms with Crippen LogP contribution in [0.5, 0.6) is 0 Å². The van der Waals surface area contributed by atoms with Crippen molar-refractivity contribution in [3.63, 3.8) is 0 Å². The molecule has 0 atom stereocenters. The van der Waals surface area contributed by atoms with E-state index in [1.165, 1.54) is 0 Å². The van der Waals surface area contributed by atoms with Gasteiger partial charge in [0.2, 0.25) is 11.8 Å². The highest BCUT2D eigenvalue weighted by Crippen LogP contribution is 2.25. The van der Waals surface area contributed by atoms with Gasteiger partial charge in [0.15, 0.2) is 0 Å². The first kappa shape index (κ1) is 34.4. The molecule has 2 aromatic rings. The Balaban J connectivity index is 0.00000371. The van der Waals surface area contributed by atoms with Gasteiger partial charge in [-0.2, -0.15) is 0 Å². The molecule has 2 aromatic carbocycles. The number of carbonyl (C=O) groups excluding carboxylic acids is 2. The summed E-state index contributed by atoms with van der Waals surface area (Å²) in [5.74, 6) is 0.280. The minimum atomic E-state index is -0.211. The first-order valence-electron chi connectivity index (χ1n) is 14.6. The van der Waals surface area contributed by atoms with Crippen LogP contribution in [0, 0.1) is 16.7 Å². The largest absolute Gasteiger partial charge is 0.380 e. The maximum absolute atomic E-state index is 13.0. The lowest BCUT2D eigenvalue weighted by molar-refractivity contribution is -0.137. The van der Waals surface area contributed by atoms with Crippen LogP contribution in [0.2, 0.25) is 0 Å². The first-order chi connectivity index (χ1) is 18.4. The number of amides is 2. The maximum atomic E-state index is 13.0. The van der Waals surface area contributed by atoms with E-state index in [0.717, 1.165) is 17.5 Å². The van der Waals surface area contributed by atoms with Crippen LogP contribution in [-0.4, -0.2) is 47.9 Å². The van der Waals surface area contributed by atoms with E-state index in [2.05, 4.69) is 52.0 Å². The second-order valence-electron chi connectivity index (χ2n) is 12.1. The van der Waals surface area contributed by atoms with Crippen molar-refractivity contribution in [1.29, 1.82) is 0 Å². The van der Waals surface area contributed by atoms with Crippen molar-refractivity contribution in [3.8, 4) is 0 Å². The predicted octanol–water partition coefficient (Wildman–Crippen LogP) is 7.60. The molecule has 0 heterocycles. The summed E-state index contributed by atoms with van der Waals surface area (Å²) in [6.45, 7) is 22.1. The van der Waals surface area contributed by atoms with E-state index in [-0.39, 0.29) is 28.6 Å². The van der Waals surface area contributed by atoms with E-state index in [4.69, 9.17) is 4.74 Å². The van der Waals surface area contributed by atoms with E-state index >= 15 is 0 Å². The zero-order chi connectivity index (χ0) is 29.5. The molecule has 0 unspecified atom stereocenters. The molecule has 5 heteroatoms. The normalized spacial score (nSPS) is 11.5. The molecule has 0 aliphatic heterocycles.